The molecule has 1 aromatic carbocycles. The van der Waals surface area contributed by atoms with E-state index in [2.05, 4.69) is 38.1 Å². The molecule has 0 amide bonds. The fourth-order valence-electron chi connectivity index (χ4n) is 4.54. The highest BCUT2D eigenvalue weighted by Crippen LogP contribution is 2.16. The summed E-state index contributed by atoms with van der Waals surface area (Å²) in [4.78, 5) is 0. The molecule has 0 radical (unpaired) electrons. The van der Waals surface area contributed by atoms with E-state index in [1.807, 2.05) is 0 Å². The lowest BCUT2D eigenvalue weighted by Gasteiger charge is -2.07. The molecule has 168 valence electrons. The highest BCUT2D eigenvalue weighted by Gasteiger charge is 2.00. The Hall–Kier alpha value is -0.780. The van der Waals surface area contributed by atoms with E-state index in [0.717, 1.165) is 0 Å². The Morgan fingerprint density at radius 2 is 0.759 bits per heavy atom. The van der Waals surface area contributed by atoms with Crippen molar-refractivity contribution in [3.05, 3.63) is 35.4 Å². The summed E-state index contributed by atoms with van der Waals surface area (Å²) in [6.45, 7) is 4.57. The van der Waals surface area contributed by atoms with E-state index in [1.165, 1.54) is 135 Å². The van der Waals surface area contributed by atoms with Gasteiger partial charge >= 0.3 is 0 Å². The first-order valence-electron chi connectivity index (χ1n) is 13.4. The Morgan fingerprint density at radius 1 is 0.414 bits per heavy atom. The van der Waals surface area contributed by atoms with E-state index in [1.54, 1.807) is 11.1 Å². The molecule has 1 rings (SSSR count). The van der Waals surface area contributed by atoms with Crippen molar-refractivity contribution in [3.63, 3.8) is 0 Å². The minimum absolute atomic E-state index is 1.18. The first-order valence-corrected chi connectivity index (χ1v) is 13.4. The molecule has 0 atom stereocenters. The van der Waals surface area contributed by atoms with Crippen LogP contribution in [-0.4, -0.2) is 0 Å². The van der Waals surface area contributed by atoms with Crippen LogP contribution in [0.2, 0.25) is 0 Å². The largest absolute Gasteiger partial charge is 0.0654 e. The lowest BCUT2D eigenvalue weighted by Crippen LogP contribution is -1.92. The molecule has 0 saturated heterocycles. The first-order chi connectivity index (χ1) is 14.4. The minimum Gasteiger partial charge on any atom is -0.0654 e. The molecule has 0 aliphatic heterocycles. The van der Waals surface area contributed by atoms with Gasteiger partial charge in [0.05, 0.1) is 0 Å². The number of hydrogen-bond acceptors (Lipinski definition) is 0. The zero-order valence-corrected chi connectivity index (χ0v) is 20.2. The van der Waals surface area contributed by atoms with E-state index < -0.39 is 0 Å². The number of aryl methyl sites for hydroxylation is 2. The molecular formula is C29H52. The van der Waals surface area contributed by atoms with E-state index in [-0.39, 0.29) is 0 Å². The molecule has 0 spiro atoms. The maximum atomic E-state index is 2.33. The second kappa shape index (κ2) is 20.5. The van der Waals surface area contributed by atoms with Crippen LogP contribution in [0.25, 0.3) is 0 Å². The van der Waals surface area contributed by atoms with Gasteiger partial charge in [-0.2, -0.15) is 0 Å². The predicted octanol–water partition coefficient (Wildman–Crippen LogP) is 10.2. The van der Waals surface area contributed by atoms with Crippen LogP contribution in [0, 0.1) is 0 Å². The topological polar surface area (TPSA) is 0 Å². The SMILES string of the molecule is CCCCCCCCCCCCCCCCCCCCCc1ccccc1CC. The number of hydrogen-bond donors (Lipinski definition) is 0. The smallest absolute Gasteiger partial charge is 0.0276 e. The van der Waals surface area contributed by atoms with Crippen LogP contribution in [0.15, 0.2) is 24.3 Å². The van der Waals surface area contributed by atoms with Crippen molar-refractivity contribution in [2.75, 3.05) is 0 Å². The van der Waals surface area contributed by atoms with Gasteiger partial charge in [0.1, 0.15) is 0 Å². The summed E-state index contributed by atoms with van der Waals surface area (Å²) in [6, 6.07) is 9.00. The zero-order valence-electron chi connectivity index (χ0n) is 20.2. The van der Waals surface area contributed by atoms with Gasteiger partial charge in [0.15, 0.2) is 0 Å². The summed E-state index contributed by atoms with van der Waals surface area (Å²) in [7, 11) is 0. The molecule has 0 saturated carbocycles. The van der Waals surface area contributed by atoms with Crippen LogP contribution in [0.3, 0.4) is 0 Å². The van der Waals surface area contributed by atoms with Gasteiger partial charge in [-0.3, -0.25) is 0 Å². The predicted molar refractivity (Wildman–Crippen MR) is 133 cm³/mol. The van der Waals surface area contributed by atoms with E-state index >= 15 is 0 Å². The second-order valence-electron chi connectivity index (χ2n) is 9.24. The lowest BCUT2D eigenvalue weighted by atomic mass is 9.99. The molecule has 1 aromatic rings. The Labute approximate surface area is 184 Å². The van der Waals surface area contributed by atoms with Crippen molar-refractivity contribution in [2.45, 2.75) is 149 Å². The molecule has 0 fully saturated rings. The third kappa shape index (κ3) is 15.7. The summed E-state index contributed by atoms with van der Waals surface area (Å²) in [6.07, 6.45) is 30.1. The first kappa shape index (κ1) is 26.3. The monoisotopic (exact) mass is 400 g/mol. The molecule has 0 heterocycles. The summed E-state index contributed by atoms with van der Waals surface area (Å²) in [5, 5.41) is 0. The molecular weight excluding hydrogens is 348 g/mol. The van der Waals surface area contributed by atoms with Crippen LogP contribution < -0.4 is 0 Å². The molecule has 0 aliphatic rings. The maximum absolute atomic E-state index is 2.33. The van der Waals surface area contributed by atoms with Crippen molar-refractivity contribution in [2.24, 2.45) is 0 Å². The van der Waals surface area contributed by atoms with Crippen LogP contribution in [0.1, 0.15) is 147 Å². The van der Waals surface area contributed by atoms with Crippen molar-refractivity contribution >= 4 is 0 Å². The van der Waals surface area contributed by atoms with Gasteiger partial charge in [-0.15, -0.1) is 0 Å². The highest BCUT2D eigenvalue weighted by molar-refractivity contribution is 5.26. The molecule has 0 aliphatic carbocycles. The van der Waals surface area contributed by atoms with Gasteiger partial charge in [0, 0.05) is 0 Å². The maximum Gasteiger partial charge on any atom is -0.0276 e. The zero-order chi connectivity index (χ0) is 20.8. The summed E-state index contributed by atoms with van der Waals surface area (Å²) in [5.74, 6) is 0. The van der Waals surface area contributed by atoms with Crippen molar-refractivity contribution in [1.82, 2.24) is 0 Å². The Morgan fingerprint density at radius 3 is 1.14 bits per heavy atom. The van der Waals surface area contributed by atoms with Crippen molar-refractivity contribution in [3.8, 4) is 0 Å². The molecule has 0 unspecified atom stereocenters. The normalized spacial score (nSPS) is 11.2. The molecule has 0 bridgehead atoms. The average Bonchev–Trinajstić information content (AvgIpc) is 2.75. The Bertz CT molecular complexity index is 447. The molecule has 0 N–H and O–H groups in total. The van der Waals surface area contributed by atoms with Crippen LogP contribution in [0.4, 0.5) is 0 Å². The van der Waals surface area contributed by atoms with Gasteiger partial charge in [0.25, 0.3) is 0 Å². The molecule has 0 aromatic heterocycles. The fraction of sp³-hybridized carbons (Fsp3) is 0.793. The molecule has 0 nitrogen and oxygen atoms in total. The molecule has 0 heteroatoms. The standard InChI is InChI=1S/C29H52/c1-3-5-6-7-8-9-10-11-12-13-14-15-16-17-18-19-20-21-22-26-29-27-24-23-25-28(29)4-2/h23-25,27H,3-22,26H2,1-2H3. The second-order valence-corrected chi connectivity index (χ2v) is 9.24. The third-order valence-electron chi connectivity index (χ3n) is 6.55. The third-order valence-corrected chi connectivity index (χ3v) is 6.55. The summed E-state index contributed by atoms with van der Waals surface area (Å²) < 4.78 is 0. The van der Waals surface area contributed by atoms with Crippen LogP contribution in [0.5, 0.6) is 0 Å². The minimum atomic E-state index is 1.18. The van der Waals surface area contributed by atoms with E-state index in [9.17, 15) is 0 Å². The Kier molecular flexibility index (Phi) is 18.6. The van der Waals surface area contributed by atoms with Gasteiger partial charge in [-0.05, 0) is 30.4 Å². The van der Waals surface area contributed by atoms with E-state index in [4.69, 9.17) is 0 Å². The van der Waals surface area contributed by atoms with Gasteiger partial charge in [-0.1, -0.05) is 154 Å². The summed E-state index contributed by atoms with van der Waals surface area (Å²) in [5.41, 5.74) is 3.14. The Balaban J connectivity index is 1.75. The highest BCUT2D eigenvalue weighted by atomic mass is 14.1. The lowest BCUT2D eigenvalue weighted by molar-refractivity contribution is 0.523. The van der Waals surface area contributed by atoms with Crippen molar-refractivity contribution < 1.29 is 0 Å². The summed E-state index contributed by atoms with van der Waals surface area (Å²) >= 11 is 0. The number of unbranched alkanes of at least 4 members (excludes halogenated alkanes) is 18. The van der Waals surface area contributed by atoms with Gasteiger partial charge < -0.3 is 0 Å². The number of rotatable bonds is 21. The van der Waals surface area contributed by atoms with Gasteiger partial charge in [-0.25, -0.2) is 0 Å². The molecule has 29 heavy (non-hydrogen) atoms. The average molecular weight is 401 g/mol. The van der Waals surface area contributed by atoms with E-state index in [0.29, 0.717) is 0 Å². The van der Waals surface area contributed by atoms with Gasteiger partial charge in [0.2, 0.25) is 0 Å². The number of benzene rings is 1. The fourth-order valence-corrected chi connectivity index (χ4v) is 4.54. The van der Waals surface area contributed by atoms with Crippen molar-refractivity contribution in [1.29, 1.82) is 0 Å². The quantitative estimate of drug-likeness (QED) is 0.180. The van der Waals surface area contributed by atoms with Crippen LogP contribution in [-0.2, 0) is 12.8 Å². The van der Waals surface area contributed by atoms with Crippen LogP contribution >= 0.6 is 0 Å².